The molecule has 308 valence electrons. The molecule has 0 saturated carbocycles. The van der Waals surface area contributed by atoms with Crippen molar-refractivity contribution in [1.82, 2.24) is 0 Å². The summed E-state index contributed by atoms with van der Waals surface area (Å²) in [6.07, 6.45) is 0. The van der Waals surface area contributed by atoms with E-state index in [1.54, 1.807) is 24.3 Å². The Morgan fingerprint density at radius 2 is 0.625 bits per heavy atom. The highest BCUT2D eigenvalue weighted by Crippen LogP contribution is 2.58. The molecule has 0 atom stereocenters. The topological polar surface area (TPSA) is 6.48 Å². The van der Waals surface area contributed by atoms with E-state index in [0.717, 1.165) is 77.3 Å². The highest BCUT2D eigenvalue weighted by Gasteiger charge is 2.40. The van der Waals surface area contributed by atoms with Crippen molar-refractivity contribution in [2.45, 2.75) is 38.5 Å². The van der Waals surface area contributed by atoms with Crippen LogP contribution >= 0.6 is 0 Å². The average molecular weight is 831 g/mol. The van der Waals surface area contributed by atoms with Gasteiger partial charge in [-0.15, -0.1) is 0 Å². The minimum atomic E-state index is -0.310. The summed E-state index contributed by atoms with van der Waals surface area (Å²) in [5.74, 6) is -0.619. The number of nitrogens with zero attached hydrogens (tertiary/aromatic N) is 2. The lowest BCUT2D eigenvalue weighted by Crippen LogP contribution is -2.17. The molecule has 2 aliphatic carbocycles. The van der Waals surface area contributed by atoms with Crippen LogP contribution in [0.4, 0.5) is 42.9 Å². The number of benzene rings is 10. The molecule has 0 radical (unpaired) electrons. The Bertz CT molecular complexity index is 3330. The Kier molecular flexibility index (Phi) is 8.33. The molecular weight excluding hydrogens is 787 g/mol. The lowest BCUT2D eigenvalue weighted by Gasteiger charge is -2.32. The number of rotatable bonds is 6. The Balaban J connectivity index is 1.18. The van der Waals surface area contributed by atoms with Crippen molar-refractivity contribution >= 4 is 66.4 Å². The van der Waals surface area contributed by atoms with Crippen molar-refractivity contribution in [3.63, 3.8) is 0 Å². The van der Waals surface area contributed by atoms with E-state index in [2.05, 4.69) is 183 Å². The van der Waals surface area contributed by atoms with Crippen molar-refractivity contribution in [2.75, 3.05) is 9.80 Å². The number of para-hydroxylation sites is 2. The van der Waals surface area contributed by atoms with Crippen LogP contribution in [0.25, 0.3) is 54.6 Å². The first-order chi connectivity index (χ1) is 31.1. The molecule has 0 amide bonds. The fourth-order valence-electron chi connectivity index (χ4n) is 11.2. The quantitative estimate of drug-likeness (QED) is 0.154. The molecule has 0 N–H and O–H groups in total. The van der Waals surface area contributed by atoms with Crippen molar-refractivity contribution in [2.24, 2.45) is 0 Å². The van der Waals surface area contributed by atoms with Crippen molar-refractivity contribution in [3.05, 3.63) is 228 Å². The first-order valence-electron chi connectivity index (χ1n) is 22.1. The molecule has 0 aromatic heterocycles. The number of hydrogen-bond donors (Lipinski definition) is 0. The summed E-state index contributed by atoms with van der Waals surface area (Å²) >= 11 is 0. The zero-order valence-electron chi connectivity index (χ0n) is 36.1. The predicted molar refractivity (Wildman–Crippen MR) is 263 cm³/mol. The molecule has 0 saturated heterocycles. The number of halogens is 2. The van der Waals surface area contributed by atoms with Crippen LogP contribution in [0, 0.1) is 11.6 Å². The Morgan fingerprint density at radius 1 is 0.297 bits per heavy atom. The monoisotopic (exact) mass is 830 g/mol. The summed E-state index contributed by atoms with van der Waals surface area (Å²) in [6.45, 7) is 9.10. The van der Waals surface area contributed by atoms with E-state index in [0.29, 0.717) is 11.4 Å². The molecule has 2 aliphatic rings. The maximum atomic E-state index is 16.6. The van der Waals surface area contributed by atoms with Gasteiger partial charge in [0.05, 0.1) is 34.1 Å². The normalized spacial score (nSPS) is 14.0. The van der Waals surface area contributed by atoms with Crippen LogP contribution in [0.15, 0.2) is 194 Å². The largest absolute Gasteiger partial charge is 0.306 e. The summed E-state index contributed by atoms with van der Waals surface area (Å²) < 4.78 is 33.3. The van der Waals surface area contributed by atoms with Crippen LogP contribution in [0.1, 0.15) is 49.9 Å². The van der Waals surface area contributed by atoms with E-state index in [4.69, 9.17) is 0 Å². The SMILES string of the molecule is CC1(C)c2ccccc2-c2c(N(c3ccccc3F)c3cc4c5ccccc5c(N(c5ccccc5F)c5cccc6c5-c5ccccc5C6(C)C)cc4c4ccccc34)cccc21. The van der Waals surface area contributed by atoms with Gasteiger partial charge in [-0.2, -0.15) is 0 Å². The number of fused-ring (bicyclic) bond motifs is 11. The minimum Gasteiger partial charge on any atom is -0.306 e. The maximum absolute atomic E-state index is 16.6. The van der Waals surface area contributed by atoms with Gasteiger partial charge < -0.3 is 9.80 Å². The molecule has 0 spiro atoms. The first-order valence-corrected chi connectivity index (χ1v) is 22.1. The molecule has 0 fully saturated rings. The van der Waals surface area contributed by atoms with Crippen LogP contribution in [0.5, 0.6) is 0 Å². The fraction of sp³-hybridized carbons (Fsp3) is 0.100. The van der Waals surface area contributed by atoms with E-state index >= 15 is 8.78 Å². The van der Waals surface area contributed by atoms with Gasteiger partial charge in [0.2, 0.25) is 0 Å². The molecule has 10 aromatic rings. The highest BCUT2D eigenvalue weighted by atomic mass is 19.1. The average Bonchev–Trinajstić information content (AvgIpc) is 3.71. The zero-order chi connectivity index (χ0) is 43.5. The highest BCUT2D eigenvalue weighted by molar-refractivity contribution is 6.25. The lowest BCUT2D eigenvalue weighted by atomic mass is 9.82. The third-order valence-electron chi connectivity index (χ3n) is 14.2. The molecule has 64 heavy (non-hydrogen) atoms. The first kappa shape index (κ1) is 38.1. The second-order valence-electron chi connectivity index (χ2n) is 18.3. The summed E-state index contributed by atoms with van der Waals surface area (Å²) in [4.78, 5) is 4.27. The Morgan fingerprint density at radius 3 is 1.05 bits per heavy atom. The van der Waals surface area contributed by atoms with Gasteiger partial charge in [-0.05, 0) is 103 Å². The third-order valence-corrected chi connectivity index (χ3v) is 14.2. The van der Waals surface area contributed by atoms with E-state index in [-0.39, 0.29) is 22.5 Å². The van der Waals surface area contributed by atoms with Crippen molar-refractivity contribution < 1.29 is 8.78 Å². The van der Waals surface area contributed by atoms with Gasteiger partial charge in [-0.3, -0.25) is 0 Å². The summed E-state index contributed by atoms with van der Waals surface area (Å²) in [6, 6.07) is 65.7. The van der Waals surface area contributed by atoms with E-state index < -0.39 is 0 Å². The third kappa shape index (κ3) is 5.35. The zero-order valence-corrected chi connectivity index (χ0v) is 36.1. The number of anilines is 6. The van der Waals surface area contributed by atoms with Gasteiger partial charge in [-0.1, -0.05) is 173 Å². The number of hydrogen-bond acceptors (Lipinski definition) is 2. The van der Waals surface area contributed by atoms with Crippen LogP contribution in [-0.4, -0.2) is 0 Å². The van der Waals surface area contributed by atoms with E-state index in [1.807, 2.05) is 24.3 Å². The maximum Gasteiger partial charge on any atom is 0.147 e. The lowest BCUT2D eigenvalue weighted by molar-refractivity contribution is 0.628. The van der Waals surface area contributed by atoms with E-state index in [9.17, 15) is 0 Å². The van der Waals surface area contributed by atoms with Gasteiger partial charge >= 0.3 is 0 Å². The molecule has 2 nitrogen and oxygen atoms in total. The van der Waals surface area contributed by atoms with Gasteiger partial charge in [-0.25, -0.2) is 8.78 Å². The second kappa shape index (κ2) is 14.0. The summed E-state index contributed by atoms with van der Waals surface area (Å²) in [7, 11) is 0. The van der Waals surface area contributed by atoms with Gasteiger partial charge in [0.1, 0.15) is 11.6 Å². The second-order valence-corrected chi connectivity index (χ2v) is 18.3. The Labute approximate surface area is 372 Å². The Hall–Kier alpha value is -7.56. The molecule has 0 unspecified atom stereocenters. The minimum absolute atomic E-state index is 0.248. The van der Waals surface area contributed by atoms with Crippen LogP contribution in [-0.2, 0) is 10.8 Å². The van der Waals surface area contributed by atoms with Crippen molar-refractivity contribution in [3.8, 4) is 22.3 Å². The molecule has 0 bridgehead atoms. The van der Waals surface area contributed by atoms with Crippen LogP contribution in [0.2, 0.25) is 0 Å². The summed E-state index contributed by atoms with van der Waals surface area (Å²) in [5, 5.41) is 5.99. The molecule has 0 aliphatic heterocycles. The van der Waals surface area contributed by atoms with Gasteiger partial charge in [0, 0.05) is 32.7 Å². The molecule has 4 heteroatoms. The molecule has 12 rings (SSSR count). The smallest absolute Gasteiger partial charge is 0.147 e. The molecule has 0 heterocycles. The standard InChI is InChI=1S/C60H44F2N2/c1-59(2)45-25-11-9-23-41(45)57-47(59)27-17-33-53(57)63(51-31-15-13-29-49(51)61)55-35-43-38-20-6-8-22-40(38)56(36-44(43)37-19-5-7-21-39(37)55)64(52-32-16-14-30-50(52)62)54-34-18-28-48-58(54)42-24-10-12-26-46(42)60(48,3)4/h5-36H,1-4H3. The fourth-order valence-corrected chi connectivity index (χ4v) is 11.2. The van der Waals surface area contributed by atoms with Gasteiger partial charge in [0.25, 0.3) is 0 Å². The summed E-state index contributed by atoms with van der Waals surface area (Å²) in [5.41, 5.74) is 13.5. The van der Waals surface area contributed by atoms with E-state index in [1.165, 1.54) is 22.3 Å². The molecule has 10 aromatic carbocycles. The van der Waals surface area contributed by atoms with Crippen LogP contribution < -0.4 is 9.80 Å². The predicted octanol–water partition coefficient (Wildman–Crippen LogP) is 17.0. The van der Waals surface area contributed by atoms with Gasteiger partial charge in [0.15, 0.2) is 0 Å². The van der Waals surface area contributed by atoms with Crippen molar-refractivity contribution in [1.29, 1.82) is 0 Å². The molecular formula is C60H44F2N2. The van der Waals surface area contributed by atoms with Crippen LogP contribution in [0.3, 0.4) is 0 Å².